The molecule has 0 fully saturated rings. The van der Waals surface area contributed by atoms with Crippen LogP contribution in [0.5, 0.6) is 11.5 Å². The van der Waals surface area contributed by atoms with E-state index in [1.165, 1.54) is 6.07 Å². The molecule has 0 saturated carbocycles. The van der Waals surface area contributed by atoms with Gasteiger partial charge in [0.25, 0.3) is 11.8 Å². The summed E-state index contributed by atoms with van der Waals surface area (Å²) in [6, 6.07) is 12.0. The van der Waals surface area contributed by atoms with Crippen molar-refractivity contribution in [2.24, 2.45) is 0 Å². The van der Waals surface area contributed by atoms with Crippen LogP contribution in [0.2, 0.25) is 0 Å². The van der Waals surface area contributed by atoms with E-state index in [0.717, 1.165) is 5.39 Å². The second-order valence-electron chi connectivity index (χ2n) is 6.31. The minimum absolute atomic E-state index is 0.104. The highest BCUT2D eigenvalue weighted by Crippen LogP contribution is 2.32. The molecule has 0 bridgehead atoms. The van der Waals surface area contributed by atoms with Crippen LogP contribution in [0.1, 0.15) is 26.5 Å². The van der Waals surface area contributed by atoms with E-state index in [9.17, 15) is 14.4 Å². The predicted molar refractivity (Wildman–Crippen MR) is 101 cm³/mol. The van der Waals surface area contributed by atoms with Crippen LogP contribution in [0.25, 0.3) is 11.0 Å². The van der Waals surface area contributed by atoms with E-state index in [0.29, 0.717) is 28.2 Å². The molecule has 2 aromatic carbocycles. The fourth-order valence-electron chi connectivity index (χ4n) is 2.92. The monoisotopic (exact) mass is 395 g/mol. The smallest absolute Gasteiger partial charge is 0.305 e. The molecule has 0 aliphatic carbocycles. The molecular weight excluding hydrogens is 378 g/mol. The number of ether oxygens (including phenoxy) is 2. The largest absolute Gasteiger partial charge is 0.454 e. The first kappa shape index (κ1) is 18.4. The van der Waals surface area contributed by atoms with Crippen molar-refractivity contribution in [3.63, 3.8) is 0 Å². The molecule has 2 heterocycles. The summed E-state index contributed by atoms with van der Waals surface area (Å²) < 4.78 is 15.9. The first-order valence-corrected chi connectivity index (χ1v) is 8.78. The van der Waals surface area contributed by atoms with E-state index in [4.69, 9.17) is 13.9 Å². The van der Waals surface area contributed by atoms with Crippen LogP contribution < -0.4 is 25.6 Å². The number of aryl methyl sites for hydroxylation is 1. The number of rotatable bonds is 4. The molecule has 0 atom stereocenters. The number of para-hydroxylation sites is 1. The van der Waals surface area contributed by atoms with Crippen molar-refractivity contribution >= 4 is 28.7 Å². The number of benzene rings is 2. The molecule has 0 saturated heterocycles. The Morgan fingerprint density at radius 1 is 0.966 bits per heavy atom. The van der Waals surface area contributed by atoms with Gasteiger partial charge in [-0.25, -0.2) is 0 Å². The molecule has 1 aromatic heterocycles. The van der Waals surface area contributed by atoms with E-state index in [1.54, 1.807) is 31.2 Å². The van der Waals surface area contributed by atoms with Gasteiger partial charge in [-0.15, -0.1) is 0 Å². The molecule has 4 rings (SSSR count). The van der Waals surface area contributed by atoms with Gasteiger partial charge in [0.2, 0.25) is 6.79 Å². The summed E-state index contributed by atoms with van der Waals surface area (Å²) in [6.07, 6.45) is 0. The molecule has 0 spiro atoms. The van der Waals surface area contributed by atoms with Gasteiger partial charge in [0.05, 0.1) is 6.54 Å². The van der Waals surface area contributed by atoms with Crippen molar-refractivity contribution in [2.75, 3.05) is 13.3 Å². The van der Waals surface area contributed by atoms with E-state index in [-0.39, 0.29) is 19.1 Å². The van der Waals surface area contributed by atoms with Crippen LogP contribution in [0, 0.1) is 6.92 Å². The van der Waals surface area contributed by atoms with Gasteiger partial charge in [0, 0.05) is 16.5 Å². The molecule has 148 valence electrons. The summed E-state index contributed by atoms with van der Waals surface area (Å²) in [5.74, 6) is -0.511. The Bertz CT molecular complexity index is 1120. The highest BCUT2D eigenvalue weighted by Gasteiger charge is 2.19. The van der Waals surface area contributed by atoms with Gasteiger partial charge < -0.3 is 19.2 Å². The highest BCUT2D eigenvalue weighted by atomic mass is 16.7. The van der Waals surface area contributed by atoms with Gasteiger partial charge in [0.15, 0.2) is 17.3 Å². The first-order valence-electron chi connectivity index (χ1n) is 8.78. The summed E-state index contributed by atoms with van der Waals surface area (Å²) in [5, 5.41) is 3.28. The zero-order valence-corrected chi connectivity index (χ0v) is 15.4. The number of hydrogen-bond acceptors (Lipinski definition) is 6. The van der Waals surface area contributed by atoms with Gasteiger partial charge in [0.1, 0.15) is 5.58 Å². The third kappa shape index (κ3) is 3.70. The molecule has 3 aromatic rings. The molecule has 0 radical (unpaired) electrons. The zero-order valence-electron chi connectivity index (χ0n) is 15.4. The molecular formula is C20H17N3O6. The number of nitrogens with one attached hydrogen (secondary N) is 3. The van der Waals surface area contributed by atoms with Crippen LogP contribution in [0.3, 0.4) is 0 Å². The van der Waals surface area contributed by atoms with Gasteiger partial charge in [-0.2, -0.15) is 0 Å². The van der Waals surface area contributed by atoms with Crippen LogP contribution in [-0.4, -0.2) is 31.1 Å². The third-order valence-electron chi connectivity index (χ3n) is 4.41. The molecule has 9 nitrogen and oxygen atoms in total. The number of amides is 3. The summed E-state index contributed by atoms with van der Waals surface area (Å²) in [7, 11) is 0. The Hall–Kier alpha value is -4.01. The average molecular weight is 395 g/mol. The van der Waals surface area contributed by atoms with E-state index < -0.39 is 17.7 Å². The minimum Gasteiger partial charge on any atom is -0.454 e. The van der Waals surface area contributed by atoms with Crippen molar-refractivity contribution in [1.29, 1.82) is 0 Å². The molecule has 9 heteroatoms. The normalized spacial score (nSPS) is 11.9. The summed E-state index contributed by atoms with van der Waals surface area (Å²) in [4.78, 5) is 36.4. The Kier molecular flexibility index (Phi) is 4.78. The maximum absolute atomic E-state index is 12.3. The lowest BCUT2D eigenvalue weighted by atomic mass is 10.1. The highest BCUT2D eigenvalue weighted by molar-refractivity contribution is 6.00. The summed E-state index contributed by atoms with van der Waals surface area (Å²) >= 11 is 0. The van der Waals surface area contributed by atoms with Crippen molar-refractivity contribution in [3.8, 4) is 11.5 Å². The Labute approximate surface area is 164 Å². The summed E-state index contributed by atoms with van der Waals surface area (Å²) in [5.41, 5.74) is 6.10. The Morgan fingerprint density at radius 2 is 1.76 bits per heavy atom. The summed E-state index contributed by atoms with van der Waals surface area (Å²) in [6.45, 7) is 1.54. The molecule has 3 N–H and O–H groups in total. The van der Waals surface area contributed by atoms with Crippen molar-refractivity contribution < 1.29 is 28.3 Å². The Balaban J connectivity index is 1.30. The number of fused-ring (bicyclic) bond motifs is 2. The van der Waals surface area contributed by atoms with Gasteiger partial charge >= 0.3 is 5.91 Å². The molecule has 0 unspecified atom stereocenters. The quantitative estimate of drug-likeness (QED) is 0.578. The van der Waals surface area contributed by atoms with Crippen molar-refractivity contribution in [2.45, 2.75) is 6.92 Å². The molecule has 1 aliphatic rings. The fraction of sp³-hybridized carbons (Fsp3) is 0.150. The number of hydrazine groups is 1. The van der Waals surface area contributed by atoms with Gasteiger partial charge in [-0.05, 0) is 31.2 Å². The minimum atomic E-state index is -0.596. The first-order chi connectivity index (χ1) is 14.0. The maximum Gasteiger partial charge on any atom is 0.305 e. The Morgan fingerprint density at radius 3 is 2.59 bits per heavy atom. The molecule has 1 aliphatic heterocycles. The average Bonchev–Trinajstić information content (AvgIpc) is 3.34. The van der Waals surface area contributed by atoms with Crippen LogP contribution in [0.4, 0.5) is 0 Å². The van der Waals surface area contributed by atoms with Gasteiger partial charge in [-0.1, -0.05) is 18.2 Å². The van der Waals surface area contributed by atoms with Crippen molar-refractivity contribution in [3.05, 3.63) is 59.4 Å². The fourth-order valence-corrected chi connectivity index (χ4v) is 2.92. The second-order valence-corrected chi connectivity index (χ2v) is 6.31. The molecule has 29 heavy (non-hydrogen) atoms. The van der Waals surface area contributed by atoms with Crippen LogP contribution in [0.15, 0.2) is 46.9 Å². The van der Waals surface area contributed by atoms with E-state index in [2.05, 4.69) is 16.2 Å². The lowest BCUT2D eigenvalue weighted by Crippen LogP contribution is -2.46. The van der Waals surface area contributed by atoms with E-state index >= 15 is 0 Å². The van der Waals surface area contributed by atoms with Crippen LogP contribution >= 0.6 is 0 Å². The second kappa shape index (κ2) is 7.55. The number of carbonyl (C=O) groups excluding carboxylic acids is 3. The standard InChI is InChI=1S/C20H17N3O6/c1-11-13-4-2-3-5-14(13)29-18(11)20(26)23-22-17(24)9-21-19(25)12-6-7-15-16(8-12)28-10-27-15/h2-8H,9-10H2,1H3,(H,21,25)(H,22,24)(H,23,26). The van der Waals surface area contributed by atoms with Crippen molar-refractivity contribution in [1.82, 2.24) is 16.2 Å². The third-order valence-corrected chi connectivity index (χ3v) is 4.41. The lowest BCUT2D eigenvalue weighted by molar-refractivity contribution is -0.120. The SMILES string of the molecule is Cc1c(C(=O)NNC(=O)CNC(=O)c2ccc3c(c2)OCO3)oc2ccccc12. The van der Waals surface area contributed by atoms with E-state index in [1.807, 2.05) is 12.1 Å². The van der Waals surface area contributed by atoms with Gasteiger partial charge in [-0.3, -0.25) is 25.2 Å². The number of carbonyl (C=O) groups is 3. The lowest BCUT2D eigenvalue weighted by Gasteiger charge is -2.08. The number of furan rings is 1. The van der Waals surface area contributed by atoms with Crippen LogP contribution in [-0.2, 0) is 4.79 Å². The zero-order chi connectivity index (χ0) is 20.4. The number of hydrogen-bond donors (Lipinski definition) is 3. The topological polar surface area (TPSA) is 119 Å². The predicted octanol–water partition coefficient (Wildman–Crippen LogP) is 1.66. The molecule has 3 amide bonds. The maximum atomic E-state index is 12.3.